The summed E-state index contributed by atoms with van der Waals surface area (Å²) >= 11 is 5.80. The Morgan fingerprint density at radius 1 is 1.19 bits per heavy atom. The van der Waals surface area contributed by atoms with Gasteiger partial charge >= 0.3 is 5.69 Å². The third-order valence-electron chi connectivity index (χ3n) is 3.04. The van der Waals surface area contributed by atoms with Crippen molar-refractivity contribution < 1.29 is 14.4 Å². The van der Waals surface area contributed by atoms with Gasteiger partial charge in [0.25, 0.3) is 0 Å². The van der Waals surface area contributed by atoms with Crippen LogP contribution in [0.4, 0.5) is 5.69 Å². The summed E-state index contributed by atoms with van der Waals surface area (Å²) in [7, 11) is 1.39. The molecule has 0 aromatic heterocycles. The van der Waals surface area contributed by atoms with Crippen molar-refractivity contribution in [2.75, 3.05) is 7.11 Å². The molecular weight excluding hydrogens is 294 g/mol. The summed E-state index contributed by atoms with van der Waals surface area (Å²) in [6.07, 6.45) is 0. The fourth-order valence-electron chi connectivity index (χ4n) is 1.89. The SMILES string of the molecule is COc1ccc(Oc2ccc(CCl)c(C)c2)cc1[N+](=O)[O-]. The number of nitrogens with zero attached hydrogens (tertiary/aromatic N) is 1. The Hall–Kier alpha value is -2.27. The van der Waals surface area contributed by atoms with E-state index in [2.05, 4.69) is 0 Å². The highest BCUT2D eigenvalue weighted by molar-refractivity contribution is 6.17. The fourth-order valence-corrected chi connectivity index (χ4v) is 2.19. The van der Waals surface area contributed by atoms with Crippen LogP contribution >= 0.6 is 11.6 Å². The highest BCUT2D eigenvalue weighted by atomic mass is 35.5. The van der Waals surface area contributed by atoms with E-state index in [-0.39, 0.29) is 11.4 Å². The fraction of sp³-hybridized carbons (Fsp3) is 0.200. The Kier molecular flexibility index (Phi) is 4.65. The summed E-state index contributed by atoms with van der Waals surface area (Å²) < 4.78 is 10.6. The highest BCUT2D eigenvalue weighted by Crippen LogP contribution is 2.33. The molecular formula is C15H14ClNO4. The van der Waals surface area contributed by atoms with Crippen LogP contribution in [0.3, 0.4) is 0 Å². The van der Waals surface area contributed by atoms with Crippen molar-refractivity contribution in [1.82, 2.24) is 0 Å². The van der Waals surface area contributed by atoms with Crippen LogP contribution in [0.15, 0.2) is 36.4 Å². The maximum atomic E-state index is 11.0. The molecule has 0 fully saturated rings. The third-order valence-corrected chi connectivity index (χ3v) is 3.33. The van der Waals surface area contributed by atoms with Gasteiger partial charge in [0.15, 0.2) is 5.75 Å². The number of alkyl halides is 1. The van der Waals surface area contributed by atoms with Crippen molar-refractivity contribution in [3.05, 3.63) is 57.6 Å². The molecule has 0 saturated carbocycles. The monoisotopic (exact) mass is 307 g/mol. The van der Waals surface area contributed by atoms with E-state index >= 15 is 0 Å². The van der Waals surface area contributed by atoms with Crippen LogP contribution in [-0.2, 0) is 5.88 Å². The standard InChI is InChI=1S/C15H14ClNO4/c1-10-7-12(4-3-11(10)9-16)21-13-5-6-15(20-2)14(8-13)17(18)19/h3-8H,9H2,1-2H3. The first-order chi connectivity index (χ1) is 10.0. The lowest BCUT2D eigenvalue weighted by atomic mass is 10.1. The van der Waals surface area contributed by atoms with E-state index in [1.807, 2.05) is 19.1 Å². The molecule has 0 radical (unpaired) electrons. The molecule has 2 aromatic carbocycles. The van der Waals surface area contributed by atoms with Crippen molar-refractivity contribution in [3.8, 4) is 17.2 Å². The number of nitro groups is 1. The molecule has 0 aliphatic rings. The minimum atomic E-state index is -0.506. The molecule has 0 spiro atoms. The summed E-state index contributed by atoms with van der Waals surface area (Å²) in [6.45, 7) is 1.93. The lowest BCUT2D eigenvalue weighted by molar-refractivity contribution is -0.385. The number of rotatable bonds is 5. The van der Waals surface area contributed by atoms with E-state index in [0.29, 0.717) is 17.4 Å². The van der Waals surface area contributed by atoms with Crippen LogP contribution in [-0.4, -0.2) is 12.0 Å². The highest BCUT2D eigenvalue weighted by Gasteiger charge is 2.16. The van der Waals surface area contributed by atoms with Gasteiger partial charge < -0.3 is 9.47 Å². The number of halogens is 1. The van der Waals surface area contributed by atoms with Crippen molar-refractivity contribution in [2.24, 2.45) is 0 Å². The Balaban J connectivity index is 2.29. The van der Waals surface area contributed by atoms with E-state index in [9.17, 15) is 10.1 Å². The Morgan fingerprint density at radius 3 is 2.43 bits per heavy atom. The van der Waals surface area contributed by atoms with Crippen LogP contribution in [0.2, 0.25) is 0 Å². The molecule has 110 valence electrons. The molecule has 0 aliphatic carbocycles. The van der Waals surface area contributed by atoms with Gasteiger partial charge in [-0.3, -0.25) is 10.1 Å². The lowest BCUT2D eigenvalue weighted by Gasteiger charge is -2.09. The van der Waals surface area contributed by atoms with Crippen molar-refractivity contribution in [1.29, 1.82) is 0 Å². The number of benzene rings is 2. The zero-order valence-electron chi connectivity index (χ0n) is 11.6. The first-order valence-electron chi connectivity index (χ1n) is 6.21. The van der Waals surface area contributed by atoms with Gasteiger partial charge in [0.1, 0.15) is 11.5 Å². The number of nitro benzene ring substituents is 1. The zero-order valence-corrected chi connectivity index (χ0v) is 12.4. The van der Waals surface area contributed by atoms with Crippen LogP contribution in [0.5, 0.6) is 17.2 Å². The Morgan fingerprint density at radius 2 is 1.86 bits per heavy atom. The van der Waals surface area contributed by atoms with E-state index in [1.54, 1.807) is 12.1 Å². The molecule has 0 amide bonds. The third kappa shape index (κ3) is 3.44. The van der Waals surface area contributed by atoms with Gasteiger partial charge in [0, 0.05) is 5.88 Å². The number of methoxy groups -OCH3 is 1. The van der Waals surface area contributed by atoms with Crippen molar-refractivity contribution >= 4 is 17.3 Å². The molecule has 0 heterocycles. The molecule has 2 aromatic rings. The van der Waals surface area contributed by atoms with Gasteiger partial charge in [-0.05, 0) is 42.3 Å². The van der Waals surface area contributed by atoms with Crippen molar-refractivity contribution in [3.63, 3.8) is 0 Å². The first-order valence-corrected chi connectivity index (χ1v) is 6.74. The summed E-state index contributed by atoms with van der Waals surface area (Å²) in [5.74, 6) is 1.60. The van der Waals surface area contributed by atoms with E-state index in [1.165, 1.54) is 19.2 Å². The second-order valence-electron chi connectivity index (χ2n) is 4.41. The Labute approximate surface area is 127 Å². The van der Waals surface area contributed by atoms with Gasteiger partial charge in [0.2, 0.25) is 0 Å². The normalized spacial score (nSPS) is 10.2. The van der Waals surface area contributed by atoms with Gasteiger partial charge in [-0.2, -0.15) is 0 Å². The quantitative estimate of drug-likeness (QED) is 0.465. The van der Waals surface area contributed by atoms with Crippen LogP contribution in [0.25, 0.3) is 0 Å². The van der Waals surface area contributed by atoms with Crippen LogP contribution in [0, 0.1) is 17.0 Å². The van der Waals surface area contributed by atoms with Crippen molar-refractivity contribution in [2.45, 2.75) is 12.8 Å². The molecule has 0 N–H and O–H groups in total. The molecule has 21 heavy (non-hydrogen) atoms. The summed E-state index contributed by atoms with van der Waals surface area (Å²) in [4.78, 5) is 10.5. The van der Waals surface area contributed by atoms with Crippen LogP contribution in [0.1, 0.15) is 11.1 Å². The first kappa shape index (κ1) is 15.1. The number of aryl methyl sites for hydroxylation is 1. The molecule has 0 aliphatic heterocycles. The predicted octanol–water partition coefficient (Wildman–Crippen LogP) is 4.44. The topological polar surface area (TPSA) is 61.6 Å². The largest absolute Gasteiger partial charge is 0.490 e. The molecule has 6 heteroatoms. The molecule has 0 atom stereocenters. The van der Waals surface area contributed by atoms with E-state index < -0.39 is 4.92 Å². The molecule has 5 nitrogen and oxygen atoms in total. The maximum Gasteiger partial charge on any atom is 0.314 e. The number of hydrogen-bond donors (Lipinski definition) is 0. The van der Waals surface area contributed by atoms with Crippen LogP contribution < -0.4 is 9.47 Å². The second kappa shape index (κ2) is 6.45. The minimum Gasteiger partial charge on any atom is -0.490 e. The summed E-state index contributed by atoms with van der Waals surface area (Å²) in [5.41, 5.74) is 1.89. The maximum absolute atomic E-state index is 11.0. The smallest absolute Gasteiger partial charge is 0.314 e. The zero-order chi connectivity index (χ0) is 15.4. The number of ether oxygens (including phenoxy) is 2. The molecule has 0 bridgehead atoms. The number of hydrogen-bond acceptors (Lipinski definition) is 4. The minimum absolute atomic E-state index is 0.135. The average Bonchev–Trinajstić information content (AvgIpc) is 2.47. The summed E-state index contributed by atoms with van der Waals surface area (Å²) in [5, 5.41) is 11.0. The molecule has 0 saturated heterocycles. The van der Waals surface area contributed by atoms with Gasteiger partial charge in [0.05, 0.1) is 18.1 Å². The second-order valence-corrected chi connectivity index (χ2v) is 4.68. The van der Waals surface area contributed by atoms with Gasteiger partial charge in [-0.15, -0.1) is 11.6 Å². The lowest BCUT2D eigenvalue weighted by Crippen LogP contribution is -1.95. The van der Waals surface area contributed by atoms with E-state index in [0.717, 1.165) is 11.1 Å². The van der Waals surface area contributed by atoms with Gasteiger partial charge in [-0.1, -0.05) is 6.07 Å². The van der Waals surface area contributed by atoms with Gasteiger partial charge in [-0.25, -0.2) is 0 Å². The molecule has 0 unspecified atom stereocenters. The molecule has 2 rings (SSSR count). The summed E-state index contributed by atoms with van der Waals surface area (Å²) in [6, 6.07) is 9.96. The Bertz CT molecular complexity index is 673. The average molecular weight is 308 g/mol. The predicted molar refractivity (Wildman–Crippen MR) is 80.5 cm³/mol. The van der Waals surface area contributed by atoms with E-state index in [4.69, 9.17) is 21.1 Å².